The third-order valence-electron chi connectivity index (χ3n) is 6.61. The number of methoxy groups -OCH3 is 1. The number of halogens is 1. The molecule has 2 aromatic carbocycles. The molecule has 16 heteroatoms. The normalized spacial score (nSPS) is 25.0. The Balaban J connectivity index is 1.42. The molecule has 13 nitrogen and oxygen atoms in total. The summed E-state index contributed by atoms with van der Waals surface area (Å²) in [4.78, 5) is 23.9. The number of carbonyl (C=O) groups is 1. The van der Waals surface area contributed by atoms with Gasteiger partial charge in [-0.15, -0.1) is 0 Å². The average molecular weight is 650 g/mol. The summed E-state index contributed by atoms with van der Waals surface area (Å²) in [5, 5.41) is 21.9. The van der Waals surface area contributed by atoms with E-state index in [-0.39, 0.29) is 28.7 Å². The molecule has 1 fully saturated rings. The van der Waals surface area contributed by atoms with Crippen LogP contribution >= 0.6 is 6.16 Å². The SMILES string of the molecule is COc1nc(N)nc2c1ncn2C1O[C@H](COP(=O)(Oc2cccc3ccccc23)[As]C(C)C(=O)O)[C@@H](O)[C@@]1(C)F. The Morgan fingerprint density at radius 1 is 1.29 bits per heavy atom. The number of nitrogen functional groups attached to an aromatic ring is 1. The quantitative estimate of drug-likeness (QED) is 0.169. The maximum atomic E-state index is 16.0. The molecule has 0 bridgehead atoms. The Kier molecular flexibility index (Phi) is 7.97. The number of anilines is 1. The molecule has 3 unspecified atom stereocenters. The van der Waals surface area contributed by atoms with Gasteiger partial charge >= 0.3 is 240 Å². The van der Waals surface area contributed by atoms with E-state index in [1.54, 1.807) is 24.3 Å². The summed E-state index contributed by atoms with van der Waals surface area (Å²) in [7, 11) is 1.37. The van der Waals surface area contributed by atoms with E-state index in [2.05, 4.69) is 15.0 Å². The van der Waals surface area contributed by atoms with E-state index in [1.165, 1.54) is 24.9 Å². The molecular weight excluding hydrogens is 623 g/mol. The molecule has 0 spiro atoms. The van der Waals surface area contributed by atoms with Gasteiger partial charge in [-0.1, -0.05) is 0 Å². The van der Waals surface area contributed by atoms with Crippen LogP contribution in [0.25, 0.3) is 21.9 Å². The monoisotopic (exact) mass is 650 g/mol. The number of nitrogens with zero attached hydrogens (tertiary/aromatic N) is 4. The van der Waals surface area contributed by atoms with E-state index >= 15 is 4.39 Å². The third kappa shape index (κ3) is 5.62. The van der Waals surface area contributed by atoms with Gasteiger partial charge in [0, 0.05) is 0 Å². The summed E-state index contributed by atoms with van der Waals surface area (Å²) in [6, 6.07) is 12.4. The Hall–Kier alpha value is -3.28. The zero-order chi connectivity index (χ0) is 29.5. The van der Waals surface area contributed by atoms with Crippen molar-refractivity contribution < 1.29 is 42.5 Å². The predicted octanol–water partition coefficient (Wildman–Crippen LogP) is 3.36. The van der Waals surface area contributed by atoms with Gasteiger partial charge in [0.1, 0.15) is 0 Å². The van der Waals surface area contributed by atoms with Crippen molar-refractivity contribution in [3.05, 3.63) is 48.8 Å². The van der Waals surface area contributed by atoms with Crippen molar-refractivity contribution in [2.45, 2.75) is 42.7 Å². The molecule has 6 atom stereocenters. The predicted molar refractivity (Wildman–Crippen MR) is 147 cm³/mol. The molecule has 4 aromatic rings. The average Bonchev–Trinajstić information content (AvgIpc) is 3.44. The number of hydrogen-bond donors (Lipinski definition) is 3. The van der Waals surface area contributed by atoms with Gasteiger partial charge in [-0.05, 0) is 0 Å². The van der Waals surface area contributed by atoms with E-state index < -0.39 is 62.8 Å². The van der Waals surface area contributed by atoms with Gasteiger partial charge in [0.25, 0.3) is 0 Å². The van der Waals surface area contributed by atoms with Crippen molar-refractivity contribution in [3.63, 3.8) is 0 Å². The van der Waals surface area contributed by atoms with Crippen LogP contribution in [-0.2, 0) is 18.6 Å². The molecule has 1 aliphatic heterocycles. The second kappa shape index (κ2) is 11.2. The number of aromatic nitrogens is 4. The molecule has 1 aliphatic rings. The maximum absolute atomic E-state index is 16.0. The van der Waals surface area contributed by atoms with Gasteiger partial charge in [-0.3, -0.25) is 0 Å². The first-order chi connectivity index (χ1) is 19.4. The zero-order valence-electron chi connectivity index (χ0n) is 22.1. The number of aliphatic hydroxyl groups excluding tert-OH is 1. The molecule has 4 N–H and O–H groups in total. The Bertz CT molecular complexity index is 1650. The summed E-state index contributed by atoms with van der Waals surface area (Å²) in [6.45, 7) is 2.00. The van der Waals surface area contributed by atoms with Crippen LogP contribution < -0.4 is 15.0 Å². The van der Waals surface area contributed by atoms with E-state index in [0.717, 1.165) is 12.3 Å². The van der Waals surface area contributed by atoms with Crippen LogP contribution in [0.2, 0.25) is 4.71 Å². The van der Waals surface area contributed by atoms with E-state index in [0.29, 0.717) is 5.39 Å². The number of ether oxygens (including phenoxy) is 2. The van der Waals surface area contributed by atoms with Gasteiger partial charge in [0.05, 0.1) is 0 Å². The third-order valence-corrected chi connectivity index (χ3v) is 13.8. The number of hydrogen-bond acceptors (Lipinski definition) is 11. The van der Waals surface area contributed by atoms with Crippen LogP contribution in [0.15, 0.2) is 48.8 Å². The molecule has 217 valence electrons. The second-order valence-corrected chi connectivity index (χ2v) is 17.3. The summed E-state index contributed by atoms with van der Waals surface area (Å²) in [6.07, 6.45) is -7.30. The molecule has 41 heavy (non-hydrogen) atoms. The van der Waals surface area contributed by atoms with Crippen LogP contribution in [-0.4, -0.2) is 82.6 Å². The standard InChI is InChI=1S/C25H27AsFN5O8P/c1-13(22(34)35)26-41(36,40-16-10-6-8-14-7-4-5-9-15(14)16)38-11-17-19(33)25(2,27)23(39-17)32-12-29-18-20(32)30-24(28)31-21(18)37-3/h4-10,12-13,17,19,23,33H,11H2,1-3H3,(H,34,35)(H2,28,30,31)/t13?,17-,19-,23?,25-,41?/m1/s1. The van der Waals surface area contributed by atoms with Crippen molar-refractivity contribution in [2.75, 3.05) is 19.5 Å². The van der Waals surface area contributed by atoms with Crippen LogP contribution in [0.5, 0.6) is 11.6 Å². The number of imidazole rings is 1. The number of aliphatic hydroxyl groups is 1. The van der Waals surface area contributed by atoms with E-state index in [9.17, 15) is 19.6 Å². The topological polar surface area (TPSA) is 181 Å². The molecule has 2 aromatic heterocycles. The number of carboxylic acid groups (broad SMARTS) is 1. The van der Waals surface area contributed by atoms with Crippen LogP contribution in [0.4, 0.5) is 10.3 Å². The number of aliphatic carboxylic acids is 1. The first-order valence-electron chi connectivity index (χ1n) is 12.4. The fourth-order valence-electron chi connectivity index (χ4n) is 4.48. The van der Waals surface area contributed by atoms with Crippen molar-refractivity contribution in [1.29, 1.82) is 0 Å². The van der Waals surface area contributed by atoms with Crippen LogP contribution in [0, 0.1) is 0 Å². The summed E-state index contributed by atoms with van der Waals surface area (Å²) < 4.78 is 52.9. The molecule has 1 radical (unpaired) electrons. The van der Waals surface area contributed by atoms with Gasteiger partial charge < -0.3 is 0 Å². The Labute approximate surface area is 239 Å². The fourth-order valence-corrected chi connectivity index (χ4v) is 10.9. The molecule has 0 amide bonds. The van der Waals surface area contributed by atoms with E-state index in [1.807, 2.05) is 18.2 Å². The van der Waals surface area contributed by atoms with Crippen molar-refractivity contribution in [1.82, 2.24) is 19.5 Å². The Morgan fingerprint density at radius 3 is 2.76 bits per heavy atom. The van der Waals surface area contributed by atoms with Crippen molar-refractivity contribution in [3.8, 4) is 11.6 Å². The van der Waals surface area contributed by atoms with Gasteiger partial charge in [-0.25, -0.2) is 0 Å². The Morgan fingerprint density at radius 2 is 2.02 bits per heavy atom. The number of rotatable bonds is 10. The second-order valence-electron chi connectivity index (χ2n) is 9.50. The zero-order valence-corrected chi connectivity index (χ0v) is 24.9. The van der Waals surface area contributed by atoms with E-state index in [4.69, 9.17) is 24.3 Å². The molecule has 0 aliphatic carbocycles. The molecule has 3 heterocycles. The first kappa shape index (κ1) is 29.2. The number of nitrogens with two attached hydrogens (primary N) is 1. The molecular formula is C25H27AsFN5O8P. The molecule has 5 rings (SSSR count). The molecule has 0 saturated carbocycles. The van der Waals surface area contributed by atoms with Crippen LogP contribution in [0.3, 0.4) is 0 Å². The number of fused-ring (bicyclic) bond motifs is 2. The number of carboxylic acids is 1. The number of alkyl halides is 1. The van der Waals surface area contributed by atoms with Gasteiger partial charge in [0.15, 0.2) is 0 Å². The minimum absolute atomic E-state index is 0.0765. The van der Waals surface area contributed by atoms with Gasteiger partial charge in [0.2, 0.25) is 0 Å². The minimum atomic E-state index is -4.09. The number of benzene rings is 2. The van der Waals surface area contributed by atoms with Crippen molar-refractivity contribution in [2.24, 2.45) is 0 Å². The van der Waals surface area contributed by atoms with Crippen molar-refractivity contribution >= 4 is 55.3 Å². The fraction of sp³-hybridized carbons (Fsp3) is 0.360. The van der Waals surface area contributed by atoms with Gasteiger partial charge in [-0.2, -0.15) is 0 Å². The van der Waals surface area contributed by atoms with Crippen LogP contribution in [0.1, 0.15) is 20.1 Å². The molecule has 1 saturated heterocycles. The summed E-state index contributed by atoms with van der Waals surface area (Å²) in [5.74, 6) is -0.978. The first-order valence-corrected chi connectivity index (χ1v) is 17.5. The summed E-state index contributed by atoms with van der Waals surface area (Å²) >= 11 is -1.55. The summed E-state index contributed by atoms with van der Waals surface area (Å²) in [5.41, 5.74) is 3.71.